The molecule has 0 radical (unpaired) electrons. The molecule has 0 unspecified atom stereocenters. The molecule has 0 saturated heterocycles. The van der Waals surface area contributed by atoms with Gasteiger partial charge in [0.15, 0.2) is 0 Å². The fourth-order valence-electron chi connectivity index (χ4n) is 1.63. The number of para-hydroxylation sites is 1. The van der Waals surface area contributed by atoms with Gasteiger partial charge in [0.25, 0.3) is 0 Å². The van der Waals surface area contributed by atoms with E-state index in [9.17, 15) is 0 Å². The molecule has 0 aliphatic heterocycles. The Hall–Kier alpha value is -2.02. The van der Waals surface area contributed by atoms with Gasteiger partial charge in [-0.05, 0) is 17.7 Å². The van der Waals surface area contributed by atoms with Crippen LogP contribution in [0.15, 0.2) is 67.2 Å². The predicted octanol–water partition coefficient (Wildman–Crippen LogP) is 3.79. The Kier molecular flexibility index (Phi) is 3.06. The molecule has 0 aliphatic carbocycles. The lowest BCUT2D eigenvalue weighted by molar-refractivity contribution is 1.22. The number of anilines is 1. The number of hydrogen-bond acceptors (Lipinski definition) is 1. The van der Waals surface area contributed by atoms with E-state index >= 15 is 0 Å². The Morgan fingerprint density at radius 2 is 1.38 bits per heavy atom. The van der Waals surface area contributed by atoms with Crippen LogP contribution in [0, 0.1) is 0 Å². The molecule has 16 heavy (non-hydrogen) atoms. The van der Waals surface area contributed by atoms with E-state index in [0.29, 0.717) is 0 Å². The lowest BCUT2D eigenvalue weighted by Crippen LogP contribution is -2.14. The molecule has 0 bridgehead atoms. The third-order valence-electron chi connectivity index (χ3n) is 2.66. The summed E-state index contributed by atoms with van der Waals surface area (Å²) in [6.07, 6.45) is 0. The Labute approximate surface area is 96.7 Å². The highest BCUT2D eigenvalue weighted by atomic mass is 15.1. The Bertz CT molecular complexity index is 459. The van der Waals surface area contributed by atoms with E-state index in [1.54, 1.807) is 0 Å². The van der Waals surface area contributed by atoms with Gasteiger partial charge >= 0.3 is 0 Å². The first-order valence-corrected chi connectivity index (χ1v) is 5.32. The van der Waals surface area contributed by atoms with Gasteiger partial charge in [-0.2, -0.15) is 0 Å². The highest BCUT2D eigenvalue weighted by molar-refractivity contribution is 5.77. The molecule has 0 amide bonds. The SMILES string of the molecule is C=C(c1ccccc1)N(C)c1ccccc1. The molecule has 80 valence electrons. The van der Waals surface area contributed by atoms with Crippen molar-refractivity contribution in [1.29, 1.82) is 0 Å². The molecule has 0 aromatic heterocycles. The first-order valence-electron chi connectivity index (χ1n) is 5.32. The van der Waals surface area contributed by atoms with E-state index in [1.165, 1.54) is 0 Å². The second kappa shape index (κ2) is 4.67. The van der Waals surface area contributed by atoms with Crippen LogP contribution in [-0.2, 0) is 0 Å². The summed E-state index contributed by atoms with van der Waals surface area (Å²) in [6.45, 7) is 4.13. The van der Waals surface area contributed by atoms with E-state index in [1.807, 2.05) is 43.4 Å². The van der Waals surface area contributed by atoms with Crippen molar-refractivity contribution >= 4 is 11.4 Å². The zero-order valence-corrected chi connectivity index (χ0v) is 9.43. The first kappa shape index (κ1) is 10.5. The summed E-state index contributed by atoms with van der Waals surface area (Å²) < 4.78 is 0. The standard InChI is InChI=1S/C15H15N/c1-13(14-9-5-3-6-10-14)16(2)15-11-7-4-8-12-15/h3-12H,1H2,2H3. The maximum absolute atomic E-state index is 4.13. The lowest BCUT2D eigenvalue weighted by atomic mass is 10.1. The van der Waals surface area contributed by atoms with Crippen LogP contribution in [-0.4, -0.2) is 7.05 Å². The molecule has 1 heteroatoms. The van der Waals surface area contributed by atoms with Crippen molar-refractivity contribution in [2.75, 3.05) is 11.9 Å². The molecular formula is C15H15N. The van der Waals surface area contributed by atoms with Crippen molar-refractivity contribution in [1.82, 2.24) is 0 Å². The van der Waals surface area contributed by atoms with Crippen LogP contribution in [0.5, 0.6) is 0 Å². The van der Waals surface area contributed by atoms with Gasteiger partial charge in [0.2, 0.25) is 0 Å². The maximum atomic E-state index is 4.13. The van der Waals surface area contributed by atoms with Crippen LogP contribution in [0.4, 0.5) is 5.69 Å². The van der Waals surface area contributed by atoms with Gasteiger partial charge in [0, 0.05) is 18.4 Å². The van der Waals surface area contributed by atoms with Gasteiger partial charge in [-0.3, -0.25) is 0 Å². The number of benzene rings is 2. The summed E-state index contributed by atoms with van der Waals surface area (Å²) in [5.41, 5.74) is 3.30. The Morgan fingerprint density at radius 1 is 0.875 bits per heavy atom. The van der Waals surface area contributed by atoms with Crippen LogP contribution >= 0.6 is 0 Å². The molecule has 2 rings (SSSR count). The minimum absolute atomic E-state index is 1.01. The molecule has 0 heterocycles. The molecule has 2 aromatic carbocycles. The van der Waals surface area contributed by atoms with E-state index in [2.05, 4.69) is 35.7 Å². The van der Waals surface area contributed by atoms with E-state index in [0.717, 1.165) is 16.9 Å². The Morgan fingerprint density at radius 3 is 1.94 bits per heavy atom. The smallest absolute Gasteiger partial charge is 0.0408 e. The van der Waals surface area contributed by atoms with Crippen molar-refractivity contribution in [2.45, 2.75) is 0 Å². The largest absolute Gasteiger partial charge is 0.345 e. The molecule has 0 saturated carbocycles. The third-order valence-corrected chi connectivity index (χ3v) is 2.66. The summed E-state index contributed by atoms with van der Waals surface area (Å²) in [7, 11) is 2.03. The highest BCUT2D eigenvalue weighted by Gasteiger charge is 2.05. The van der Waals surface area contributed by atoms with Crippen molar-refractivity contribution in [3.63, 3.8) is 0 Å². The van der Waals surface area contributed by atoms with Gasteiger partial charge in [0.1, 0.15) is 0 Å². The number of nitrogens with zero attached hydrogens (tertiary/aromatic N) is 1. The molecule has 0 N–H and O–H groups in total. The van der Waals surface area contributed by atoms with Crippen molar-refractivity contribution in [3.05, 3.63) is 72.8 Å². The maximum Gasteiger partial charge on any atom is 0.0408 e. The van der Waals surface area contributed by atoms with Crippen LogP contribution in [0.2, 0.25) is 0 Å². The van der Waals surface area contributed by atoms with Crippen LogP contribution in [0.25, 0.3) is 5.70 Å². The molecule has 1 nitrogen and oxygen atoms in total. The molecule has 2 aromatic rings. The van der Waals surface area contributed by atoms with Gasteiger partial charge in [-0.25, -0.2) is 0 Å². The van der Waals surface area contributed by atoms with Crippen molar-refractivity contribution in [2.24, 2.45) is 0 Å². The average molecular weight is 209 g/mol. The fourth-order valence-corrected chi connectivity index (χ4v) is 1.63. The lowest BCUT2D eigenvalue weighted by Gasteiger charge is -2.21. The van der Waals surface area contributed by atoms with Gasteiger partial charge in [-0.15, -0.1) is 0 Å². The summed E-state index contributed by atoms with van der Waals surface area (Å²) >= 11 is 0. The van der Waals surface area contributed by atoms with Crippen LogP contribution in [0.1, 0.15) is 5.56 Å². The van der Waals surface area contributed by atoms with E-state index < -0.39 is 0 Å². The summed E-state index contributed by atoms with van der Waals surface area (Å²) in [6, 6.07) is 20.4. The molecule has 0 aliphatic rings. The summed E-state index contributed by atoms with van der Waals surface area (Å²) in [5.74, 6) is 0. The van der Waals surface area contributed by atoms with Crippen molar-refractivity contribution in [3.8, 4) is 0 Å². The normalized spacial score (nSPS) is 9.81. The molecule has 0 fully saturated rings. The summed E-state index contributed by atoms with van der Waals surface area (Å²) in [5, 5.41) is 0. The highest BCUT2D eigenvalue weighted by Crippen LogP contribution is 2.22. The Balaban J connectivity index is 2.24. The summed E-state index contributed by atoms with van der Waals surface area (Å²) in [4.78, 5) is 2.09. The predicted molar refractivity (Wildman–Crippen MR) is 70.3 cm³/mol. The molecular weight excluding hydrogens is 194 g/mol. The monoisotopic (exact) mass is 209 g/mol. The van der Waals surface area contributed by atoms with Crippen molar-refractivity contribution < 1.29 is 0 Å². The molecule has 0 atom stereocenters. The minimum Gasteiger partial charge on any atom is -0.345 e. The second-order valence-electron chi connectivity index (χ2n) is 3.71. The quantitative estimate of drug-likeness (QED) is 0.743. The molecule has 0 spiro atoms. The van der Waals surface area contributed by atoms with Gasteiger partial charge < -0.3 is 4.90 Å². The van der Waals surface area contributed by atoms with Gasteiger partial charge in [0.05, 0.1) is 0 Å². The number of rotatable bonds is 3. The average Bonchev–Trinajstić information content (AvgIpc) is 2.39. The zero-order chi connectivity index (χ0) is 11.4. The van der Waals surface area contributed by atoms with E-state index in [4.69, 9.17) is 0 Å². The van der Waals surface area contributed by atoms with Gasteiger partial charge in [-0.1, -0.05) is 55.1 Å². The number of hydrogen-bond donors (Lipinski definition) is 0. The zero-order valence-electron chi connectivity index (χ0n) is 9.43. The third kappa shape index (κ3) is 2.14. The van der Waals surface area contributed by atoms with E-state index in [-0.39, 0.29) is 0 Å². The first-order chi connectivity index (χ1) is 7.79. The van der Waals surface area contributed by atoms with Crippen LogP contribution in [0.3, 0.4) is 0 Å². The second-order valence-corrected chi connectivity index (χ2v) is 3.71. The topological polar surface area (TPSA) is 3.24 Å². The van der Waals surface area contributed by atoms with Crippen LogP contribution < -0.4 is 4.90 Å². The fraction of sp³-hybridized carbons (Fsp3) is 0.0667. The minimum atomic E-state index is 1.01.